The first-order valence-electron chi connectivity index (χ1n) is 10.4. The van der Waals surface area contributed by atoms with Crippen LogP contribution in [0.3, 0.4) is 0 Å². The maximum Gasteiger partial charge on any atom is 0.194 e. The van der Waals surface area contributed by atoms with Crippen molar-refractivity contribution in [3.05, 3.63) is 0 Å². The predicted molar refractivity (Wildman–Crippen MR) is 119 cm³/mol. The molecule has 0 amide bonds. The Hall–Kier alpha value is -0.120. The van der Waals surface area contributed by atoms with E-state index < -0.39 is 0 Å². The second kappa shape index (κ2) is 11.7. The van der Waals surface area contributed by atoms with Crippen molar-refractivity contribution < 1.29 is 4.74 Å². The predicted octanol–water partition coefficient (Wildman–Crippen LogP) is 1.85. The molecule has 0 aromatic rings. The van der Waals surface area contributed by atoms with Gasteiger partial charge in [0.1, 0.15) is 0 Å². The molecule has 0 aromatic carbocycles. The van der Waals surface area contributed by atoms with E-state index in [0.717, 1.165) is 64.5 Å². The third-order valence-corrected chi connectivity index (χ3v) is 5.86. The van der Waals surface area contributed by atoms with Gasteiger partial charge in [0.25, 0.3) is 0 Å². The van der Waals surface area contributed by atoms with Gasteiger partial charge < -0.3 is 15.0 Å². The number of halogens is 1. The number of morpholine rings is 1. The molecular weight excluding hydrogens is 441 g/mol. The van der Waals surface area contributed by atoms with E-state index in [0.29, 0.717) is 6.04 Å². The largest absolute Gasteiger partial charge is 0.379 e. The van der Waals surface area contributed by atoms with Crippen molar-refractivity contribution in [2.45, 2.75) is 51.6 Å². The summed E-state index contributed by atoms with van der Waals surface area (Å²) in [6.07, 6.45) is 5.45. The van der Waals surface area contributed by atoms with E-state index in [4.69, 9.17) is 9.73 Å². The van der Waals surface area contributed by atoms with Crippen molar-refractivity contribution >= 4 is 29.9 Å². The van der Waals surface area contributed by atoms with Crippen LogP contribution in [0.4, 0.5) is 0 Å². The number of nitrogens with one attached hydrogen (secondary N) is 1. The fourth-order valence-corrected chi connectivity index (χ4v) is 4.32. The Morgan fingerprint density at radius 1 is 1.15 bits per heavy atom. The molecule has 0 saturated carbocycles. The summed E-state index contributed by atoms with van der Waals surface area (Å²) in [5.74, 6) is 1.11. The van der Waals surface area contributed by atoms with Crippen LogP contribution in [-0.2, 0) is 4.74 Å². The summed E-state index contributed by atoms with van der Waals surface area (Å²) in [5.41, 5.74) is 0. The molecule has 1 N–H and O–H groups in total. The highest BCUT2D eigenvalue weighted by molar-refractivity contribution is 14.0. The third-order valence-electron chi connectivity index (χ3n) is 5.86. The maximum absolute atomic E-state index is 5.53. The molecule has 3 heterocycles. The van der Waals surface area contributed by atoms with Crippen LogP contribution in [-0.4, -0.2) is 98.3 Å². The number of rotatable bonds is 5. The van der Waals surface area contributed by atoms with Gasteiger partial charge >= 0.3 is 0 Å². The summed E-state index contributed by atoms with van der Waals surface area (Å²) in [7, 11) is 0. The Balaban J connectivity index is 0.00000243. The molecule has 26 heavy (non-hydrogen) atoms. The first-order chi connectivity index (χ1) is 12.3. The Morgan fingerprint density at radius 3 is 2.69 bits per heavy atom. The molecule has 2 atom stereocenters. The van der Waals surface area contributed by atoms with Gasteiger partial charge in [0.05, 0.1) is 19.8 Å². The van der Waals surface area contributed by atoms with Crippen molar-refractivity contribution in [3.63, 3.8) is 0 Å². The number of piperidine rings is 1. The maximum atomic E-state index is 5.53. The Labute approximate surface area is 176 Å². The van der Waals surface area contributed by atoms with Crippen molar-refractivity contribution in [1.29, 1.82) is 0 Å². The summed E-state index contributed by atoms with van der Waals surface area (Å²) in [6, 6.07) is 1.24. The highest BCUT2D eigenvalue weighted by atomic mass is 127. The fraction of sp³-hybridized carbons (Fsp3) is 0.947. The first-order valence-corrected chi connectivity index (χ1v) is 10.4. The molecule has 0 bridgehead atoms. The lowest BCUT2D eigenvalue weighted by atomic mass is 10.1. The molecule has 3 aliphatic heterocycles. The molecule has 152 valence electrons. The van der Waals surface area contributed by atoms with Crippen LogP contribution in [0.1, 0.15) is 39.5 Å². The molecule has 3 aliphatic rings. The molecule has 3 fully saturated rings. The van der Waals surface area contributed by atoms with Gasteiger partial charge in [-0.25, -0.2) is 0 Å². The normalized spacial score (nSPS) is 28.8. The molecule has 0 radical (unpaired) electrons. The van der Waals surface area contributed by atoms with E-state index >= 15 is 0 Å². The molecule has 3 saturated heterocycles. The summed E-state index contributed by atoms with van der Waals surface area (Å²) >= 11 is 0. The molecule has 0 aromatic heterocycles. The highest BCUT2D eigenvalue weighted by Crippen LogP contribution is 2.20. The summed E-state index contributed by atoms with van der Waals surface area (Å²) in [4.78, 5) is 12.6. The molecular formula is C19H38IN5O. The second-order valence-corrected chi connectivity index (χ2v) is 7.68. The zero-order chi connectivity index (χ0) is 17.5. The lowest BCUT2D eigenvalue weighted by molar-refractivity contribution is 0.00139. The van der Waals surface area contributed by atoms with Gasteiger partial charge in [-0.1, -0.05) is 6.42 Å². The highest BCUT2D eigenvalue weighted by Gasteiger charge is 2.30. The third kappa shape index (κ3) is 6.21. The van der Waals surface area contributed by atoms with Crippen LogP contribution in [0, 0.1) is 0 Å². The Morgan fingerprint density at radius 2 is 1.96 bits per heavy atom. The molecule has 6 nitrogen and oxygen atoms in total. The minimum absolute atomic E-state index is 0. The van der Waals surface area contributed by atoms with Crippen LogP contribution < -0.4 is 5.32 Å². The minimum atomic E-state index is 0. The molecule has 0 aliphatic carbocycles. The van der Waals surface area contributed by atoms with Crippen molar-refractivity contribution in [2.75, 3.05) is 65.6 Å². The van der Waals surface area contributed by atoms with Crippen LogP contribution in [0.2, 0.25) is 0 Å². The number of guanidine groups is 1. The lowest BCUT2D eigenvalue weighted by Gasteiger charge is -2.33. The number of hydrogen-bond acceptors (Lipinski definition) is 4. The lowest BCUT2D eigenvalue weighted by Crippen LogP contribution is -2.46. The summed E-state index contributed by atoms with van der Waals surface area (Å²) < 4.78 is 5.53. The van der Waals surface area contributed by atoms with Gasteiger partial charge in [-0.2, -0.15) is 0 Å². The summed E-state index contributed by atoms with van der Waals surface area (Å²) in [5, 5.41) is 3.51. The van der Waals surface area contributed by atoms with Crippen LogP contribution in [0.15, 0.2) is 4.99 Å². The summed E-state index contributed by atoms with van der Waals surface area (Å²) in [6.45, 7) is 14.9. The zero-order valence-corrected chi connectivity index (χ0v) is 19.0. The van der Waals surface area contributed by atoms with Gasteiger partial charge in [0, 0.05) is 44.8 Å². The van der Waals surface area contributed by atoms with Crippen LogP contribution >= 0.6 is 24.0 Å². The van der Waals surface area contributed by atoms with Crippen molar-refractivity contribution in [2.24, 2.45) is 4.99 Å². The van der Waals surface area contributed by atoms with Gasteiger partial charge in [-0.3, -0.25) is 14.8 Å². The van der Waals surface area contributed by atoms with E-state index in [1.165, 1.54) is 38.8 Å². The van der Waals surface area contributed by atoms with Crippen LogP contribution in [0.5, 0.6) is 0 Å². The van der Waals surface area contributed by atoms with E-state index in [1.807, 2.05) is 0 Å². The SMILES string of the molecule is CCNC(=NCCN1CCOCC1C)N1CCC(N2CCCCC2)C1.I. The molecule has 2 unspecified atom stereocenters. The van der Waals surface area contributed by atoms with E-state index in [1.54, 1.807) is 0 Å². The average Bonchev–Trinajstić information content (AvgIpc) is 3.13. The minimum Gasteiger partial charge on any atom is -0.379 e. The van der Waals surface area contributed by atoms with Crippen molar-refractivity contribution in [1.82, 2.24) is 20.0 Å². The van der Waals surface area contributed by atoms with E-state index in [-0.39, 0.29) is 24.0 Å². The molecule has 0 spiro atoms. The van der Waals surface area contributed by atoms with Gasteiger partial charge in [-0.05, 0) is 46.2 Å². The van der Waals surface area contributed by atoms with Crippen molar-refractivity contribution in [3.8, 4) is 0 Å². The Bertz CT molecular complexity index is 430. The smallest absolute Gasteiger partial charge is 0.194 e. The topological polar surface area (TPSA) is 43.3 Å². The quantitative estimate of drug-likeness (QED) is 0.371. The number of nitrogens with zero attached hydrogens (tertiary/aromatic N) is 4. The van der Waals surface area contributed by atoms with Gasteiger partial charge in [0.2, 0.25) is 0 Å². The number of likely N-dealkylation sites (tertiary alicyclic amines) is 2. The molecule has 3 rings (SSSR count). The number of ether oxygens (including phenoxy) is 1. The fourth-order valence-electron chi connectivity index (χ4n) is 4.32. The van der Waals surface area contributed by atoms with E-state index in [2.05, 4.69) is 33.9 Å². The second-order valence-electron chi connectivity index (χ2n) is 7.68. The number of hydrogen-bond donors (Lipinski definition) is 1. The average molecular weight is 479 g/mol. The van der Waals surface area contributed by atoms with Gasteiger partial charge in [0.15, 0.2) is 5.96 Å². The number of aliphatic imine (C=N–C) groups is 1. The van der Waals surface area contributed by atoms with Crippen LogP contribution in [0.25, 0.3) is 0 Å². The monoisotopic (exact) mass is 479 g/mol. The van der Waals surface area contributed by atoms with Gasteiger partial charge in [-0.15, -0.1) is 24.0 Å². The zero-order valence-electron chi connectivity index (χ0n) is 16.7. The first kappa shape index (κ1) is 22.2. The standard InChI is InChI=1S/C19H37N5O.HI/c1-3-20-19(21-8-12-22-13-14-25-16-17(22)2)24-11-7-18(15-24)23-9-5-4-6-10-23;/h17-18H,3-16H2,1-2H3,(H,20,21);1H. The Kier molecular flexibility index (Phi) is 9.94. The molecule has 7 heteroatoms. The van der Waals surface area contributed by atoms with E-state index in [9.17, 15) is 0 Å².